The van der Waals surface area contributed by atoms with Gasteiger partial charge in [-0.2, -0.15) is 0 Å². The number of hydrogen-bond donors (Lipinski definition) is 2. The van der Waals surface area contributed by atoms with E-state index < -0.39 is 10.0 Å². The summed E-state index contributed by atoms with van der Waals surface area (Å²) in [6.07, 6.45) is 0.677. The van der Waals surface area contributed by atoms with Gasteiger partial charge in [0.15, 0.2) is 0 Å². The number of aromatic nitrogens is 1. The smallest absolute Gasteiger partial charge is 0.269 e. The van der Waals surface area contributed by atoms with Crippen LogP contribution in [0.2, 0.25) is 0 Å². The monoisotopic (exact) mass is 376 g/mol. The molecule has 0 unspecified atom stereocenters. The molecule has 3 rings (SSSR count). The highest BCUT2D eigenvalue weighted by Gasteiger charge is 2.24. The SMILES string of the molecule is CNS(=O)(=O)c1cccc2c1CCN(Cc1ccc(C(=O)N(C)C)[nH]1)C2. The van der Waals surface area contributed by atoms with Crippen molar-refractivity contribution in [2.45, 2.75) is 24.4 Å². The zero-order valence-electron chi connectivity index (χ0n) is 15.2. The predicted molar refractivity (Wildman–Crippen MR) is 99.3 cm³/mol. The first kappa shape index (κ1) is 18.6. The number of nitrogens with one attached hydrogen (secondary N) is 2. The van der Waals surface area contributed by atoms with Gasteiger partial charge in [-0.25, -0.2) is 13.1 Å². The maximum atomic E-state index is 12.2. The number of H-pyrrole nitrogens is 1. The zero-order chi connectivity index (χ0) is 18.9. The number of fused-ring (bicyclic) bond motifs is 1. The lowest BCUT2D eigenvalue weighted by atomic mass is 9.99. The fourth-order valence-electron chi connectivity index (χ4n) is 3.27. The molecule has 0 saturated carbocycles. The van der Waals surface area contributed by atoms with Crippen LogP contribution in [0, 0.1) is 0 Å². The average molecular weight is 376 g/mol. The van der Waals surface area contributed by atoms with E-state index in [0.29, 0.717) is 30.1 Å². The molecule has 1 aliphatic rings. The Bertz CT molecular complexity index is 918. The van der Waals surface area contributed by atoms with E-state index >= 15 is 0 Å². The molecule has 1 aromatic carbocycles. The number of aromatic amines is 1. The van der Waals surface area contributed by atoms with Crippen molar-refractivity contribution in [1.29, 1.82) is 0 Å². The van der Waals surface area contributed by atoms with Gasteiger partial charge in [0.1, 0.15) is 5.69 Å². The Kier molecular flexibility index (Phi) is 5.17. The Hall–Kier alpha value is -2.16. The number of rotatable bonds is 5. The van der Waals surface area contributed by atoms with Crippen molar-refractivity contribution in [3.63, 3.8) is 0 Å². The van der Waals surface area contributed by atoms with Crippen LogP contribution in [-0.2, 0) is 29.5 Å². The van der Waals surface area contributed by atoms with Gasteiger partial charge in [0.25, 0.3) is 5.91 Å². The summed E-state index contributed by atoms with van der Waals surface area (Å²) in [6.45, 7) is 2.13. The largest absolute Gasteiger partial charge is 0.353 e. The minimum atomic E-state index is -3.45. The van der Waals surface area contributed by atoms with Gasteiger partial charge < -0.3 is 9.88 Å². The van der Waals surface area contributed by atoms with Crippen LogP contribution in [0.4, 0.5) is 0 Å². The third kappa shape index (κ3) is 3.67. The molecule has 0 radical (unpaired) electrons. The van der Waals surface area contributed by atoms with Crippen LogP contribution < -0.4 is 4.72 Å². The molecule has 0 saturated heterocycles. The summed E-state index contributed by atoms with van der Waals surface area (Å²) in [5, 5.41) is 0. The number of amides is 1. The van der Waals surface area contributed by atoms with E-state index in [1.807, 2.05) is 12.1 Å². The first-order valence-corrected chi connectivity index (χ1v) is 9.96. The van der Waals surface area contributed by atoms with E-state index in [2.05, 4.69) is 14.6 Å². The van der Waals surface area contributed by atoms with Gasteiger partial charge in [0.2, 0.25) is 10.0 Å². The van der Waals surface area contributed by atoms with Crippen molar-refractivity contribution >= 4 is 15.9 Å². The Balaban J connectivity index is 1.76. The van der Waals surface area contributed by atoms with E-state index in [4.69, 9.17) is 0 Å². The summed E-state index contributed by atoms with van der Waals surface area (Å²) in [5.41, 5.74) is 3.47. The lowest BCUT2D eigenvalue weighted by Crippen LogP contribution is -2.32. The number of benzene rings is 1. The van der Waals surface area contributed by atoms with Crippen LogP contribution in [0.15, 0.2) is 35.2 Å². The Labute approximate surface area is 154 Å². The lowest BCUT2D eigenvalue weighted by Gasteiger charge is -2.29. The van der Waals surface area contributed by atoms with E-state index in [0.717, 1.165) is 23.4 Å². The quantitative estimate of drug-likeness (QED) is 0.821. The second-order valence-corrected chi connectivity index (χ2v) is 8.51. The fraction of sp³-hybridized carbons (Fsp3) is 0.389. The predicted octanol–water partition coefficient (Wildman–Crippen LogP) is 1.18. The summed E-state index contributed by atoms with van der Waals surface area (Å²) in [4.78, 5) is 19.3. The number of carbonyl (C=O) groups excluding carboxylic acids is 1. The van der Waals surface area contributed by atoms with Crippen molar-refractivity contribution in [1.82, 2.24) is 19.5 Å². The van der Waals surface area contributed by atoms with Gasteiger partial charge in [-0.15, -0.1) is 0 Å². The van der Waals surface area contributed by atoms with E-state index in [-0.39, 0.29) is 5.91 Å². The zero-order valence-corrected chi connectivity index (χ0v) is 16.1. The summed E-state index contributed by atoms with van der Waals surface area (Å²) in [5.74, 6) is -0.0536. The van der Waals surface area contributed by atoms with Crippen LogP contribution in [0.25, 0.3) is 0 Å². The Morgan fingerprint density at radius 1 is 1.27 bits per heavy atom. The van der Waals surface area contributed by atoms with Crippen molar-refractivity contribution in [2.24, 2.45) is 0 Å². The summed E-state index contributed by atoms with van der Waals surface area (Å²) < 4.78 is 26.8. The maximum absolute atomic E-state index is 12.2. The minimum absolute atomic E-state index is 0.0536. The van der Waals surface area contributed by atoms with Gasteiger partial charge in [-0.3, -0.25) is 9.69 Å². The van der Waals surface area contributed by atoms with Gasteiger partial charge in [0.05, 0.1) is 4.90 Å². The van der Waals surface area contributed by atoms with E-state index in [1.165, 1.54) is 11.9 Å². The minimum Gasteiger partial charge on any atom is -0.353 e. The van der Waals surface area contributed by atoms with Crippen molar-refractivity contribution in [3.8, 4) is 0 Å². The van der Waals surface area contributed by atoms with Crippen molar-refractivity contribution in [2.75, 3.05) is 27.7 Å². The molecule has 1 aliphatic heterocycles. The maximum Gasteiger partial charge on any atom is 0.269 e. The molecular formula is C18H24N4O3S. The number of hydrogen-bond acceptors (Lipinski definition) is 4. The molecule has 2 aromatic rings. The molecule has 0 atom stereocenters. The highest BCUT2D eigenvalue weighted by molar-refractivity contribution is 7.89. The van der Waals surface area contributed by atoms with Crippen molar-refractivity contribution < 1.29 is 13.2 Å². The molecule has 1 amide bonds. The van der Waals surface area contributed by atoms with Crippen LogP contribution in [-0.4, -0.2) is 56.8 Å². The van der Waals surface area contributed by atoms with Crippen molar-refractivity contribution in [3.05, 3.63) is 52.8 Å². The number of nitrogens with zero attached hydrogens (tertiary/aromatic N) is 2. The fourth-order valence-corrected chi connectivity index (χ4v) is 4.30. The molecular weight excluding hydrogens is 352 g/mol. The molecule has 0 aliphatic carbocycles. The molecule has 1 aromatic heterocycles. The molecule has 2 heterocycles. The first-order valence-electron chi connectivity index (χ1n) is 8.48. The first-order chi connectivity index (χ1) is 12.3. The molecule has 0 spiro atoms. The molecule has 7 nitrogen and oxygen atoms in total. The standard InChI is InChI=1S/C18H24N4O3S/c1-19-26(24,25)17-6-4-5-13-11-22(10-9-15(13)17)12-14-7-8-16(20-14)18(23)21(2)3/h4-8,19-20H,9-12H2,1-3H3. The Morgan fingerprint density at radius 3 is 2.73 bits per heavy atom. The van der Waals surface area contributed by atoms with Gasteiger partial charge in [0, 0.05) is 39.4 Å². The Morgan fingerprint density at radius 2 is 2.04 bits per heavy atom. The molecule has 0 fully saturated rings. The molecule has 140 valence electrons. The summed E-state index contributed by atoms with van der Waals surface area (Å²) in [7, 11) is 1.43. The average Bonchev–Trinajstić information content (AvgIpc) is 3.08. The number of sulfonamides is 1. The van der Waals surface area contributed by atoms with E-state index in [9.17, 15) is 13.2 Å². The summed E-state index contributed by atoms with van der Waals surface area (Å²) in [6, 6.07) is 9.15. The third-order valence-corrected chi connectivity index (χ3v) is 6.14. The van der Waals surface area contributed by atoms with E-state index in [1.54, 1.807) is 32.3 Å². The summed E-state index contributed by atoms with van der Waals surface area (Å²) >= 11 is 0. The highest BCUT2D eigenvalue weighted by atomic mass is 32.2. The van der Waals surface area contributed by atoms with Gasteiger partial charge >= 0.3 is 0 Å². The topological polar surface area (TPSA) is 85.5 Å². The van der Waals surface area contributed by atoms with Crippen LogP contribution in [0.3, 0.4) is 0 Å². The second kappa shape index (κ2) is 7.22. The molecule has 26 heavy (non-hydrogen) atoms. The molecule has 0 bridgehead atoms. The second-order valence-electron chi connectivity index (χ2n) is 6.66. The molecule has 2 N–H and O–H groups in total. The van der Waals surface area contributed by atoms with Crippen LogP contribution in [0.5, 0.6) is 0 Å². The highest BCUT2D eigenvalue weighted by Crippen LogP contribution is 2.26. The van der Waals surface area contributed by atoms with Gasteiger partial charge in [-0.1, -0.05) is 12.1 Å². The number of carbonyl (C=O) groups is 1. The van der Waals surface area contributed by atoms with Crippen LogP contribution in [0.1, 0.15) is 27.3 Å². The van der Waals surface area contributed by atoms with Gasteiger partial charge in [-0.05, 0) is 42.8 Å². The lowest BCUT2D eigenvalue weighted by molar-refractivity contribution is 0.0822. The molecule has 8 heteroatoms. The normalized spacial score (nSPS) is 14.9. The third-order valence-electron chi connectivity index (χ3n) is 4.64. The van der Waals surface area contributed by atoms with Crippen LogP contribution >= 0.6 is 0 Å².